The summed E-state index contributed by atoms with van der Waals surface area (Å²) in [4.78, 5) is 0. The Labute approximate surface area is 106 Å². The monoisotopic (exact) mass is 283 g/mol. The van der Waals surface area contributed by atoms with Gasteiger partial charge in [-0.3, -0.25) is 4.74 Å². The van der Waals surface area contributed by atoms with Crippen LogP contribution in [0.25, 0.3) is 0 Å². The van der Waals surface area contributed by atoms with Crippen molar-refractivity contribution in [2.45, 2.75) is 48.9 Å². The van der Waals surface area contributed by atoms with Gasteiger partial charge in [0.15, 0.2) is 0 Å². The van der Waals surface area contributed by atoms with E-state index in [2.05, 4.69) is 13.8 Å². The van der Waals surface area contributed by atoms with Crippen molar-refractivity contribution in [1.29, 1.82) is 0 Å². The number of aliphatic hydroxyl groups is 4. The minimum atomic E-state index is -1.32. The highest BCUT2D eigenvalue weighted by Gasteiger charge is 2.47. The second-order valence-electron chi connectivity index (χ2n) is 4.04. The highest BCUT2D eigenvalue weighted by atomic mass is 32.2. The van der Waals surface area contributed by atoms with Crippen LogP contribution in [0.1, 0.15) is 6.92 Å². The summed E-state index contributed by atoms with van der Waals surface area (Å²) < 4.78 is 9.22. The van der Waals surface area contributed by atoms with E-state index in [0.29, 0.717) is 0 Å². The maximum atomic E-state index is 9.83. The van der Waals surface area contributed by atoms with Crippen LogP contribution in [0.2, 0.25) is 0 Å². The van der Waals surface area contributed by atoms with Crippen molar-refractivity contribution in [2.24, 2.45) is 4.74 Å². The lowest BCUT2D eigenvalue weighted by atomic mass is 9.93. The second kappa shape index (κ2) is 6.43. The number of nitrogens with zero attached hydrogens (tertiary/aromatic N) is 1. The third-order valence-electron chi connectivity index (χ3n) is 2.82. The van der Waals surface area contributed by atoms with Gasteiger partial charge < -0.3 is 25.2 Å². The predicted octanol–water partition coefficient (Wildman–Crippen LogP) is -0.767. The van der Waals surface area contributed by atoms with E-state index in [1.165, 1.54) is 18.7 Å². The first-order chi connectivity index (χ1) is 7.93. The van der Waals surface area contributed by atoms with Crippen molar-refractivity contribution in [1.82, 2.24) is 0 Å². The first-order valence-electron chi connectivity index (χ1n) is 5.21. The molecule has 0 radical (unpaired) electrons. The zero-order chi connectivity index (χ0) is 13.2. The molecule has 0 spiro atoms. The van der Waals surface area contributed by atoms with Crippen molar-refractivity contribution in [3.05, 3.63) is 0 Å². The van der Waals surface area contributed by atoms with Gasteiger partial charge in [-0.05, 0) is 22.2 Å². The van der Waals surface area contributed by atoms with E-state index in [1.807, 2.05) is 0 Å². The normalized spacial score (nSPS) is 41.9. The third-order valence-corrected chi connectivity index (χ3v) is 3.97. The third kappa shape index (κ3) is 3.17. The van der Waals surface area contributed by atoms with E-state index in [-0.39, 0.29) is 0 Å². The number of hydrogen-bond donors (Lipinski definition) is 4. The SMILES string of the molecule is CS[C@H]1O[C@H]([C@H](N=P)[C@@H](C)O)[C@H](O)[C@H](O)[C@H]1O. The Balaban J connectivity index is 2.87. The Kier molecular flexibility index (Phi) is 5.79. The van der Waals surface area contributed by atoms with E-state index in [1.54, 1.807) is 6.26 Å². The van der Waals surface area contributed by atoms with Gasteiger partial charge in [0, 0.05) is 0 Å². The molecule has 1 heterocycles. The Morgan fingerprint density at radius 2 is 1.82 bits per heavy atom. The fourth-order valence-corrected chi connectivity index (χ4v) is 2.85. The summed E-state index contributed by atoms with van der Waals surface area (Å²) in [5, 5.41) is 38.7. The molecular formula is C9H18NO5PS. The van der Waals surface area contributed by atoms with Crippen LogP contribution >= 0.6 is 20.8 Å². The van der Waals surface area contributed by atoms with Gasteiger partial charge in [0.25, 0.3) is 0 Å². The molecule has 8 heteroatoms. The molecule has 1 rings (SSSR count). The van der Waals surface area contributed by atoms with Crippen LogP contribution in [0.15, 0.2) is 4.74 Å². The molecule has 0 amide bonds. The van der Waals surface area contributed by atoms with Gasteiger partial charge in [-0.25, -0.2) is 0 Å². The van der Waals surface area contributed by atoms with Gasteiger partial charge in [-0.15, -0.1) is 11.8 Å². The quantitative estimate of drug-likeness (QED) is 0.505. The fraction of sp³-hybridized carbons (Fsp3) is 1.00. The summed E-state index contributed by atoms with van der Waals surface area (Å²) in [6, 6.07) is -0.724. The average Bonchev–Trinajstić information content (AvgIpc) is 2.29. The first kappa shape index (κ1) is 15.3. The topological polar surface area (TPSA) is 103 Å². The highest BCUT2D eigenvalue weighted by Crippen LogP contribution is 2.30. The zero-order valence-corrected chi connectivity index (χ0v) is 11.4. The number of rotatable bonds is 4. The molecule has 4 N–H and O–H groups in total. The summed E-state index contributed by atoms with van der Waals surface area (Å²) in [5.74, 6) is 0. The van der Waals surface area contributed by atoms with Crippen LogP contribution in [0.3, 0.4) is 0 Å². The zero-order valence-electron chi connectivity index (χ0n) is 9.59. The fourth-order valence-electron chi connectivity index (χ4n) is 1.81. The Bertz CT molecular complexity index is 268. The summed E-state index contributed by atoms with van der Waals surface area (Å²) in [5.41, 5.74) is -0.659. The van der Waals surface area contributed by atoms with Crippen LogP contribution in [0, 0.1) is 0 Å². The maximum absolute atomic E-state index is 9.83. The van der Waals surface area contributed by atoms with E-state index in [0.717, 1.165) is 0 Å². The lowest BCUT2D eigenvalue weighted by Crippen LogP contribution is -2.60. The molecule has 0 aromatic heterocycles. The van der Waals surface area contributed by atoms with Gasteiger partial charge in [0.05, 0.1) is 6.10 Å². The molecule has 7 atom stereocenters. The van der Waals surface area contributed by atoms with Crippen molar-refractivity contribution >= 4 is 20.8 Å². The van der Waals surface area contributed by atoms with Crippen LogP contribution in [-0.4, -0.2) is 68.7 Å². The van der Waals surface area contributed by atoms with Gasteiger partial charge in [-0.2, -0.15) is 0 Å². The molecule has 1 saturated heterocycles. The average molecular weight is 283 g/mol. The molecule has 0 saturated carbocycles. The molecule has 0 aromatic carbocycles. The van der Waals surface area contributed by atoms with Crippen molar-refractivity contribution < 1.29 is 25.2 Å². The van der Waals surface area contributed by atoms with Crippen LogP contribution < -0.4 is 0 Å². The summed E-state index contributed by atoms with van der Waals surface area (Å²) in [7, 11) is 2.93. The molecule has 100 valence electrons. The molecule has 0 aliphatic carbocycles. The Hall–Kier alpha value is 0.250. The van der Waals surface area contributed by atoms with Gasteiger partial charge in [0.1, 0.15) is 35.9 Å². The van der Waals surface area contributed by atoms with Gasteiger partial charge >= 0.3 is 0 Å². The van der Waals surface area contributed by atoms with Crippen molar-refractivity contribution in [3.8, 4) is 0 Å². The first-order valence-corrected chi connectivity index (χ1v) is 6.94. The molecule has 17 heavy (non-hydrogen) atoms. The largest absolute Gasteiger partial charge is 0.391 e. The lowest BCUT2D eigenvalue weighted by Gasteiger charge is -2.42. The van der Waals surface area contributed by atoms with Crippen LogP contribution in [-0.2, 0) is 4.74 Å². The van der Waals surface area contributed by atoms with E-state index in [4.69, 9.17) is 4.74 Å². The van der Waals surface area contributed by atoms with Gasteiger partial charge in [-0.1, -0.05) is 0 Å². The molecule has 1 aliphatic rings. The molecule has 0 bridgehead atoms. The molecule has 0 aromatic rings. The number of aliphatic hydroxyl groups excluding tert-OH is 4. The standard InChI is InChI=1S/C9H18NO5PS/c1-3(11)4(10-16)8-6(13)5(12)7(14)9(15-8)17-2/h3-9,11-14,16H,1-2H3/t3-,4-,5+,6-,7-,8-,9-/m1/s1. The highest BCUT2D eigenvalue weighted by molar-refractivity contribution is 7.99. The molecule has 1 fully saturated rings. The Morgan fingerprint density at radius 1 is 1.24 bits per heavy atom. The molecule has 6 nitrogen and oxygen atoms in total. The van der Waals surface area contributed by atoms with E-state index >= 15 is 0 Å². The minimum absolute atomic E-state index is 0.659. The summed E-state index contributed by atoms with van der Waals surface area (Å²) >= 11 is 1.22. The van der Waals surface area contributed by atoms with Crippen LogP contribution in [0.5, 0.6) is 0 Å². The molecular weight excluding hydrogens is 265 g/mol. The minimum Gasteiger partial charge on any atom is -0.391 e. The molecule has 0 unspecified atom stereocenters. The lowest BCUT2D eigenvalue weighted by molar-refractivity contribution is -0.207. The Morgan fingerprint density at radius 3 is 2.24 bits per heavy atom. The smallest absolute Gasteiger partial charge is 0.132 e. The second-order valence-corrected chi connectivity index (χ2v) is 5.23. The molecule has 1 aliphatic heterocycles. The predicted molar refractivity (Wildman–Crippen MR) is 66.4 cm³/mol. The van der Waals surface area contributed by atoms with Crippen LogP contribution in [0.4, 0.5) is 0 Å². The summed E-state index contributed by atoms with van der Waals surface area (Å²) in [6.45, 7) is 1.51. The summed E-state index contributed by atoms with van der Waals surface area (Å²) in [6.07, 6.45) is -3.78. The number of thioether (sulfide) groups is 1. The van der Waals surface area contributed by atoms with Gasteiger partial charge in [0.2, 0.25) is 0 Å². The maximum Gasteiger partial charge on any atom is 0.132 e. The van der Waals surface area contributed by atoms with E-state index in [9.17, 15) is 20.4 Å². The number of ether oxygens (including phenoxy) is 1. The van der Waals surface area contributed by atoms with Crippen molar-refractivity contribution in [2.75, 3.05) is 6.26 Å². The van der Waals surface area contributed by atoms with E-state index < -0.39 is 42.0 Å². The van der Waals surface area contributed by atoms with Crippen molar-refractivity contribution in [3.63, 3.8) is 0 Å². The number of hydrogen-bond acceptors (Lipinski definition) is 7.